The summed E-state index contributed by atoms with van der Waals surface area (Å²) in [6.45, 7) is 2.28. The molecule has 0 saturated carbocycles. The van der Waals surface area contributed by atoms with Crippen molar-refractivity contribution in [2.45, 2.75) is 19.3 Å². The fourth-order valence-corrected chi connectivity index (χ4v) is 2.79. The second-order valence-corrected chi connectivity index (χ2v) is 5.84. The average Bonchev–Trinajstić information content (AvgIpc) is 2.53. The van der Waals surface area contributed by atoms with Gasteiger partial charge in [0.25, 0.3) is 0 Å². The number of benzene rings is 1. The van der Waals surface area contributed by atoms with Crippen molar-refractivity contribution in [1.29, 1.82) is 0 Å². The summed E-state index contributed by atoms with van der Waals surface area (Å²) in [6, 6.07) is 9.98. The molecule has 0 spiro atoms. The maximum atomic E-state index is 6.00. The second kappa shape index (κ2) is 6.50. The van der Waals surface area contributed by atoms with Crippen LogP contribution in [-0.4, -0.2) is 23.3 Å². The Kier molecular flexibility index (Phi) is 4.46. The lowest BCUT2D eigenvalue weighted by atomic mass is 10.1. The lowest BCUT2D eigenvalue weighted by molar-refractivity contribution is 0.578. The van der Waals surface area contributed by atoms with Crippen LogP contribution in [0.1, 0.15) is 19.3 Å². The van der Waals surface area contributed by atoms with Crippen molar-refractivity contribution < 1.29 is 0 Å². The number of halogens is 2. The van der Waals surface area contributed by atoms with E-state index in [0.717, 1.165) is 18.8 Å². The van der Waals surface area contributed by atoms with Crippen molar-refractivity contribution in [3.63, 3.8) is 0 Å². The van der Waals surface area contributed by atoms with Gasteiger partial charge in [-0.05, 0) is 43.5 Å². The van der Waals surface area contributed by atoms with E-state index >= 15 is 0 Å². The maximum absolute atomic E-state index is 6.00. The normalized spacial score (nSPS) is 15.0. The van der Waals surface area contributed by atoms with Gasteiger partial charge in [0.15, 0.2) is 10.3 Å². The zero-order valence-electron chi connectivity index (χ0n) is 11.5. The third kappa shape index (κ3) is 3.57. The number of anilines is 3. The van der Waals surface area contributed by atoms with Crippen LogP contribution in [0.3, 0.4) is 0 Å². The molecule has 2 heterocycles. The van der Waals surface area contributed by atoms with E-state index < -0.39 is 0 Å². The highest BCUT2D eigenvalue weighted by atomic mass is 35.5. The number of nitrogens with one attached hydrogen (secondary N) is 1. The third-order valence-corrected chi connectivity index (χ3v) is 4.05. The lowest BCUT2D eigenvalue weighted by Crippen LogP contribution is -2.29. The number of rotatable bonds is 3. The number of piperidine rings is 1. The van der Waals surface area contributed by atoms with E-state index in [1.54, 1.807) is 6.07 Å². The van der Waals surface area contributed by atoms with Crippen molar-refractivity contribution in [3.8, 4) is 0 Å². The molecule has 0 unspecified atom stereocenters. The van der Waals surface area contributed by atoms with Crippen molar-refractivity contribution >= 4 is 40.3 Å². The van der Waals surface area contributed by atoms with E-state index in [1.165, 1.54) is 24.9 Å². The minimum absolute atomic E-state index is 0.305. The predicted octanol–water partition coefficient (Wildman–Crippen LogP) is 4.52. The fraction of sp³-hybridized carbons (Fsp3) is 0.333. The van der Waals surface area contributed by atoms with Crippen LogP contribution in [-0.2, 0) is 0 Å². The summed E-state index contributed by atoms with van der Waals surface area (Å²) in [4.78, 5) is 2.42. The molecular formula is C15H16Cl2N4. The fourth-order valence-electron chi connectivity index (χ4n) is 2.50. The quantitative estimate of drug-likeness (QED) is 0.902. The third-order valence-electron chi connectivity index (χ3n) is 3.59. The van der Waals surface area contributed by atoms with Crippen molar-refractivity contribution in [2.24, 2.45) is 0 Å². The topological polar surface area (TPSA) is 41.0 Å². The molecule has 110 valence electrons. The molecule has 1 N–H and O–H groups in total. The van der Waals surface area contributed by atoms with Crippen LogP contribution in [0.2, 0.25) is 10.3 Å². The molecule has 21 heavy (non-hydrogen) atoms. The maximum Gasteiger partial charge on any atom is 0.175 e. The first-order chi connectivity index (χ1) is 10.2. The lowest BCUT2D eigenvalue weighted by Gasteiger charge is -2.28. The largest absolute Gasteiger partial charge is 0.372 e. The second-order valence-electron chi connectivity index (χ2n) is 5.09. The molecule has 1 aliphatic heterocycles. The Morgan fingerprint density at radius 3 is 2.38 bits per heavy atom. The Bertz CT molecular complexity index is 610. The molecular weight excluding hydrogens is 307 g/mol. The molecule has 0 amide bonds. The van der Waals surface area contributed by atoms with Crippen molar-refractivity contribution in [3.05, 3.63) is 40.6 Å². The number of hydrogen-bond donors (Lipinski definition) is 1. The smallest absolute Gasteiger partial charge is 0.175 e. The van der Waals surface area contributed by atoms with E-state index in [1.807, 2.05) is 12.1 Å². The number of hydrogen-bond acceptors (Lipinski definition) is 4. The molecule has 0 bridgehead atoms. The van der Waals surface area contributed by atoms with Crippen LogP contribution in [0.25, 0.3) is 0 Å². The molecule has 2 aromatic rings. The Balaban J connectivity index is 1.73. The highest BCUT2D eigenvalue weighted by Crippen LogP contribution is 2.27. The van der Waals surface area contributed by atoms with Crippen LogP contribution in [0, 0.1) is 0 Å². The molecule has 1 aliphatic rings. The van der Waals surface area contributed by atoms with Gasteiger partial charge in [-0.2, -0.15) is 0 Å². The van der Waals surface area contributed by atoms with Gasteiger partial charge in [-0.3, -0.25) is 0 Å². The summed E-state index contributed by atoms with van der Waals surface area (Å²) in [7, 11) is 0. The van der Waals surface area contributed by atoms with Crippen molar-refractivity contribution in [1.82, 2.24) is 10.2 Å². The molecule has 6 heteroatoms. The van der Waals surface area contributed by atoms with Gasteiger partial charge in [0.2, 0.25) is 0 Å². The number of aromatic nitrogens is 2. The van der Waals surface area contributed by atoms with E-state index in [-0.39, 0.29) is 0 Å². The average molecular weight is 323 g/mol. The van der Waals surface area contributed by atoms with E-state index in [0.29, 0.717) is 16.0 Å². The van der Waals surface area contributed by atoms with Gasteiger partial charge < -0.3 is 10.2 Å². The summed E-state index contributed by atoms with van der Waals surface area (Å²) < 4.78 is 0. The summed E-state index contributed by atoms with van der Waals surface area (Å²) in [5.41, 5.74) is 2.86. The van der Waals surface area contributed by atoms with Gasteiger partial charge in [0.05, 0.1) is 5.69 Å². The summed E-state index contributed by atoms with van der Waals surface area (Å²) in [5.74, 6) is 0. The minimum atomic E-state index is 0.305. The van der Waals surface area contributed by atoms with Gasteiger partial charge in [0.1, 0.15) is 0 Å². The summed E-state index contributed by atoms with van der Waals surface area (Å²) in [5, 5.41) is 11.3. The molecule has 0 radical (unpaired) electrons. The van der Waals surface area contributed by atoms with E-state index in [2.05, 4.69) is 32.5 Å². The first-order valence-corrected chi connectivity index (χ1v) is 7.79. The Hall–Kier alpha value is -1.52. The molecule has 1 saturated heterocycles. The van der Waals surface area contributed by atoms with Crippen molar-refractivity contribution in [2.75, 3.05) is 23.3 Å². The van der Waals surface area contributed by atoms with Gasteiger partial charge in [-0.15, -0.1) is 10.2 Å². The SMILES string of the molecule is Clc1cc(Nc2ccc(N3CCCCC3)cc2)c(Cl)nn1. The Labute approximate surface area is 134 Å². The Morgan fingerprint density at radius 2 is 1.67 bits per heavy atom. The van der Waals surface area contributed by atoms with Crippen LogP contribution in [0.15, 0.2) is 30.3 Å². The molecule has 0 aliphatic carbocycles. The summed E-state index contributed by atoms with van der Waals surface area (Å²) >= 11 is 11.8. The van der Waals surface area contributed by atoms with E-state index in [9.17, 15) is 0 Å². The minimum Gasteiger partial charge on any atom is -0.372 e. The van der Waals surface area contributed by atoms with Crippen LogP contribution < -0.4 is 10.2 Å². The first kappa shape index (κ1) is 14.4. The molecule has 3 rings (SSSR count). The van der Waals surface area contributed by atoms with Crippen LogP contribution >= 0.6 is 23.2 Å². The van der Waals surface area contributed by atoms with Gasteiger partial charge in [-0.25, -0.2) is 0 Å². The first-order valence-electron chi connectivity index (χ1n) is 7.03. The molecule has 1 aromatic heterocycles. The monoisotopic (exact) mass is 322 g/mol. The highest BCUT2D eigenvalue weighted by Gasteiger charge is 2.11. The van der Waals surface area contributed by atoms with E-state index in [4.69, 9.17) is 23.2 Å². The van der Waals surface area contributed by atoms with Gasteiger partial charge in [0, 0.05) is 30.5 Å². The van der Waals surface area contributed by atoms with Gasteiger partial charge in [-0.1, -0.05) is 23.2 Å². The molecule has 1 fully saturated rings. The van der Waals surface area contributed by atoms with Crippen LogP contribution in [0.4, 0.5) is 17.1 Å². The molecule has 1 aromatic carbocycles. The highest BCUT2D eigenvalue weighted by molar-refractivity contribution is 6.33. The summed E-state index contributed by atoms with van der Waals surface area (Å²) in [6.07, 6.45) is 3.89. The standard InChI is InChI=1S/C15H16Cl2N4/c16-14-10-13(15(17)20-19-14)18-11-4-6-12(7-5-11)21-8-2-1-3-9-21/h4-7,10H,1-3,8-9H2,(H,18,19). The zero-order chi connectivity index (χ0) is 14.7. The molecule has 4 nitrogen and oxygen atoms in total. The Morgan fingerprint density at radius 1 is 0.952 bits per heavy atom. The zero-order valence-corrected chi connectivity index (χ0v) is 13.0. The molecule has 0 atom stereocenters. The number of nitrogens with zero attached hydrogens (tertiary/aromatic N) is 3. The van der Waals surface area contributed by atoms with Gasteiger partial charge >= 0.3 is 0 Å². The van der Waals surface area contributed by atoms with Crippen LogP contribution in [0.5, 0.6) is 0 Å². The predicted molar refractivity (Wildman–Crippen MR) is 87.8 cm³/mol.